The van der Waals surface area contributed by atoms with Gasteiger partial charge in [-0.3, -0.25) is 14.5 Å². The third-order valence-electron chi connectivity index (χ3n) is 3.36. The highest BCUT2D eigenvalue weighted by atomic mass is 32.1. The van der Waals surface area contributed by atoms with E-state index < -0.39 is 0 Å². The molecule has 1 aromatic carbocycles. The monoisotopic (exact) mass is 324 g/mol. The summed E-state index contributed by atoms with van der Waals surface area (Å²) in [6, 6.07) is 10.5. The van der Waals surface area contributed by atoms with Gasteiger partial charge >= 0.3 is 0 Å². The Bertz CT molecular complexity index is 823. The van der Waals surface area contributed by atoms with Crippen molar-refractivity contribution in [3.05, 3.63) is 57.3 Å². The van der Waals surface area contributed by atoms with Gasteiger partial charge in [-0.05, 0) is 24.3 Å². The molecule has 1 aromatic heterocycles. The van der Waals surface area contributed by atoms with Crippen molar-refractivity contribution in [3.63, 3.8) is 0 Å². The van der Waals surface area contributed by atoms with Crippen LogP contribution in [0.5, 0.6) is 0 Å². The first kappa shape index (κ1) is 15.0. The highest BCUT2D eigenvalue weighted by Gasteiger charge is 2.34. The summed E-state index contributed by atoms with van der Waals surface area (Å²) in [6.45, 7) is 0.273. The summed E-state index contributed by atoms with van der Waals surface area (Å²) in [5.41, 5.74) is 0.910. The summed E-state index contributed by atoms with van der Waals surface area (Å²) in [7, 11) is 0. The molecule has 0 aliphatic carbocycles. The number of oxime groups is 1. The fourth-order valence-corrected chi connectivity index (χ4v) is 3.05. The highest BCUT2D eigenvalue weighted by molar-refractivity contribution is 7.14. The lowest BCUT2D eigenvalue weighted by atomic mass is 10.1. The number of nitrogens with zero attached hydrogens (tertiary/aromatic N) is 2. The fourth-order valence-electron chi connectivity index (χ4n) is 2.31. The summed E-state index contributed by atoms with van der Waals surface area (Å²) in [5, 5.41) is 11.4. The zero-order valence-corrected chi connectivity index (χ0v) is 12.8. The molecule has 1 N–H and O–H groups in total. The Morgan fingerprint density at radius 3 is 2.48 bits per heavy atom. The maximum atomic E-state index is 12.2. The van der Waals surface area contributed by atoms with E-state index in [1.54, 1.807) is 30.3 Å². The average molecular weight is 324 g/mol. The van der Waals surface area contributed by atoms with E-state index in [9.17, 15) is 9.59 Å². The van der Waals surface area contributed by atoms with Gasteiger partial charge in [-0.1, -0.05) is 29.1 Å². The predicted octanol–water partition coefficient (Wildman–Crippen LogP) is 2.59. The van der Waals surface area contributed by atoms with Crippen LogP contribution in [0.2, 0.25) is 0 Å². The zero-order valence-electron chi connectivity index (χ0n) is 12.0. The van der Waals surface area contributed by atoms with E-state index in [-0.39, 0.29) is 18.4 Å². The molecule has 0 fully saturated rings. The van der Waals surface area contributed by atoms with Crippen molar-refractivity contribution in [1.29, 1.82) is 0 Å². The quantitative estimate of drug-likeness (QED) is 0.310. The smallest absolute Gasteiger partial charge is 0.261 e. The Kier molecular flexibility index (Phi) is 4.22. The summed E-state index contributed by atoms with van der Waals surface area (Å²) in [5.74, 6) is 5.41. The van der Waals surface area contributed by atoms with E-state index in [1.165, 1.54) is 22.5 Å². The number of imide groups is 1. The van der Waals surface area contributed by atoms with Crippen LogP contribution in [0.15, 0.2) is 41.6 Å². The van der Waals surface area contributed by atoms with Gasteiger partial charge in [0.2, 0.25) is 0 Å². The second kappa shape index (κ2) is 6.46. The maximum absolute atomic E-state index is 12.2. The van der Waals surface area contributed by atoms with Gasteiger partial charge in [-0.15, -0.1) is 11.3 Å². The first-order chi connectivity index (χ1) is 11.2. The summed E-state index contributed by atoms with van der Waals surface area (Å²) >= 11 is 1.40. The molecule has 5 nitrogen and oxygen atoms in total. The van der Waals surface area contributed by atoms with Crippen molar-refractivity contribution >= 4 is 29.4 Å². The summed E-state index contributed by atoms with van der Waals surface area (Å²) in [6.07, 6.45) is 1.75. The molecule has 0 radical (unpaired) electrons. The summed E-state index contributed by atoms with van der Waals surface area (Å²) < 4.78 is 0. The minimum absolute atomic E-state index is 0.259. The number of hydrogen-bond donors (Lipinski definition) is 1. The molecule has 0 bridgehead atoms. The van der Waals surface area contributed by atoms with Gasteiger partial charge < -0.3 is 5.21 Å². The minimum Gasteiger partial charge on any atom is -0.411 e. The van der Waals surface area contributed by atoms with Crippen LogP contribution in [0.3, 0.4) is 0 Å². The van der Waals surface area contributed by atoms with E-state index in [0.717, 1.165) is 9.75 Å². The second-order valence-corrected chi connectivity index (χ2v) is 5.92. The van der Waals surface area contributed by atoms with Crippen LogP contribution in [0.25, 0.3) is 0 Å². The van der Waals surface area contributed by atoms with Crippen molar-refractivity contribution in [1.82, 2.24) is 4.90 Å². The molecular weight excluding hydrogens is 312 g/mol. The normalized spacial score (nSPS) is 13.3. The van der Waals surface area contributed by atoms with Crippen molar-refractivity contribution < 1.29 is 14.8 Å². The molecule has 2 heterocycles. The maximum Gasteiger partial charge on any atom is 0.261 e. The topological polar surface area (TPSA) is 70.0 Å². The molecule has 0 saturated carbocycles. The second-order valence-electron chi connectivity index (χ2n) is 4.81. The van der Waals surface area contributed by atoms with Gasteiger partial charge in [-0.25, -0.2) is 0 Å². The molecule has 23 heavy (non-hydrogen) atoms. The predicted molar refractivity (Wildman–Crippen MR) is 87.0 cm³/mol. The molecule has 3 rings (SSSR count). The lowest BCUT2D eigenvalue weighted by Crippen LogP contribution is -2.30. The molecule has 0 atom stereocenters. The number of hydrogen-bond acceptors (Lipinski definition) is 5. The Labute approximate surface area is 136 Å². The van der Waals surface area contributed by atoms with E-state index >= 15 is 0 Å². The highest BCUT2D eigenvalue weighted by Crippen LogP contribution is 2.22. The number of carbonyl (C=O) groups excluding carboxylic acids is 2. The Hall–Kier alpha value is -2.91. The summed E-state index contributed by atoms with van der Waals surface area (Å²) in [4.78, 5) is 27.2. The molecule has 2 amide bonds. The Morgan fingerprint density at radius 2 is 1.83 bits per heavy atom. The molecule has 1 aliphatic rings. The number of rotatable bonds is 3. The van der Waals surface area contributed by atoms with Crippen LogP contribution in [-0.2, 0) is 0 Å². The van der Waals surface area contributed by atoms with Crippen LogP contribution in [0, 0.1) is 11.8 Å². The Morgan fingerprint density at radius 1 is 1.13 bits per heavy atom. The van der Waals surface area contributed by atoms with Crippen molar-refractivity contribution in [2.75, 3.05) is 6.54 Å². The molecule has 0 unspecified atom stereocenters. The van der Waals surface area contributed by atoms with Crippen molar-refractivity contribution in [3.8, 4) is 11.8 Å². The first-order valence-corrected chi connectivity index (χ1v) is 7.73. The largest absolute Gasteiger partial charge is 0.411 e. The first-order valence-electron chi connectivity index (χ1n) is 6.92. The third kappa shape index (κ3) is 3.00. The van der Waals surface area contributed by atoms with Gasteiger partial charge in [0.25, 0.3) is 11.8 Å². The van der Waals surface area contributed by atoms with Gasteiger partial charge in [0.1, 0.15) is 0 Å². The van der Waals surface area contributed by atoms with Gasteiger partial charge in [0.15, 0.2) is 0 Å². The van der Waals surface area contributed by atoms with Crippen LogP contribution in [0.4, 0.5) is 0 Å². The molecule has 1 aliphatic heterocycles. The van der Waals surface area contributed by atoms with E-state index in [2.05, 4.69) is 17.0 Å². The molecule has 6 heteroatoms. The van der Waals surface area contributed by atoms with E-state index in [0.29, 0.717) is 17.5 Å². The number of amides is 2. The fraction of sp³-hybridized carbons (Fsp3) is 0.118. The Balaban J connectivity index is 1.63. The third-order valence-corrected chi connectivity index (χ3v) is 4.30. The van der Waals surface area contributed by atoms with Crippen LogP contribution >= 0.6 is 11.3 Å². The lowest BCUT2D eigenvalue weighted by Gasteiger charge is -2.10. The van der Waals surface area contributed by atoms with Crippen molar-refractivity contribution in [2.24, 2.45) is 5.16 Å². The van der Waals surface area contributed by atoms with Crippen LogP contribution in [0.1, 0.15) is 36.9 Å². The standard InChI is InChI=1S/C17H12N2O3S/c20-16-14-6-1-2-7-15(14)17(21)19(16)10-4-3-5-12-8-9-13(23-12)11-18-22/h1-2,6-9,11,22H,4,10H2/b18-11+. The number of benzene rings is 1. The molecule has 0 spiro atoms. The van der Waals surface area contributed by atoms with Crippen LogP contribution < -0.4 is 0 Å². The van der Waals surface area contributed by atoms with Gasteiger partial charge in [0, 0.05) is 17.8 Å². The lowest BCUT2D eigenvalue weighted by molar-refractivity contribution is 0.0658. The molecule has 114 valence electrons. The van der Waals surface area contributed by atoms with Crippen molar-refractivity contribution in [2.45, 2.75) is 6.42 Å². The van der Waals surface area contributed by atoms with E-state index in [1.807, 2.05) is 6.07 Å². The van der Waals surface area contributed by atoms with Gasteiger partial charge in [0.05, 0.1) is 22.2 Å². The molecule has 2 aromatic rings. The van der Waals surface area contributed by atoms with Crippen LogP contribution in [-0.4, -0.2) is 34.7 Å². The SMILES string of the molecule is O=C1c2ccccc2C(=O)N1CCC#Cc1ccc(/C=N/O)s1. The zero-order chi connectivity index (χ0) is 16.2. The average Bonchev–Trinajstić information content (AvgIpc) is 3.10. The number of thiophene rings is 1. The van der Waals surface area contributed by atoms with E-state index in [4.69, 9.17) is 5.21 Å². The number of fused-ring (bicyclic) bond motifs is 1. The minimum atomic E-state index is -0.259. The number of carbonyl (C=O) groups is 2. The molecule has 0 saturated heterocycles. The van der Waals surface area contributed by atoms with Gasteiger partial charge in [-0.2, -0.15) is 0 Å². The molecular formula is C17H12N2O3S.